The first-order valence-electron chi connectivity index (χ1n) is 14.5. The van der Waals surface area contributed by atoms with E-state index in [2.05, 4.69) is 10.6 Å². The molecule has 4 aromatic carbocycles. The van der Waals surface area contributed by atoms with Gasteiger partial charge in [0.15, 0.2) is 11.6 Å². The molecule has 0 radical (unpaired) electrons. The number of hydrogen-bond donors (Lipinski definition) is 2. The molecule has 1 atom stereocenters. The molecule has 0 aromatic heterocycles. The largest absolute Gasteiger partial charge is 0.492 e. The zero-order valence-electron chi connectivity index (χ0n) is 24.3. The molecule has 1 aliphatic rings. The maximum atomic E-state index is 13.2. The molecule has 0 aliphatic heterocycles. The molecule has 0 amide bonds. The van der Waals surface area contributed by atoms with E-state index >= 15 is 0 Å². The highest BCUT2D eigenvalue weighted by molar-refractivity contribution is 6.12. The van der Waals surface area contributed by atoms with Crippen LogP contribution in [0.4, 0.5) is 5.69 Å². The standard InChI is InChI=1S/C36H36N2O5/c1-42-35(41)32(38-31-15-9-8-14-30(31)33(39)27-10-4-2-5-11-27)24-26-16-18-29(19-17-26)43-23-22-37-25-36(20-21-36)34(40)28-12-6-3-7-13-28/h2-19,32,37-38H,20-25H2,1H3. The SMILES string of the molecule is COC(=O)C(Cc1ccc(OCCNCC2(C(=O)c3ccccc3)CC2)cc1)Nc1ccccc1C(=O)c1ccccc1. The Kier molecular flexibility index (Phi) is 9.64. The van der Waals surface area contributed by atoms with Gasteiger partial charge in [0.25, 0.3) is 0 Å². The number of carbonyl (C=O) groups excluding carboxylic acids is 3. The summed E-state index contributed by atoms with van der Waals surface area (Å²) in [6.07, 6.45) is 2.18. The zero-order valence-corrected chi connectivity index (χ0v) is 24.3. The Morgan fingerprint density at radius 3 is 2.07 bits per heavy atom. The lowest BCUT2D eigenvalue weighted by atomic mass is 9.94. The molecule has 4 aromatic rings. The monoisotopic (exact) mass is 576 g/mol. The van der Waals surface area contributed by atoms with Crippen molar-refractivity contribution in [2.75, 3.05) is 32.1 Å². The van der Waals surface area contributed by atoms with E-state index in [0.717, 1.165) is 24.0 Å². The van der Waals surface area contributed by atoms with Crippen LogP contribution in [-0.2, 0) is 16.0 Å². The summed E-state index contributed by atoms with van der Waals surface area (Å²) in [7, 11) is 1.35. The lowest BCUT2D eigenvalue weighted by molar-refractivity contribution is -0.141. The molecule has 1 unspecified atom stereocenters. The van der Waals surface area contributed by atoms with Crippen molar-refractivity contribution in [3.8, 4) is 5.75 Å². The van der Waals surface area contributed by atoms with Gasteiger partial charge in [-0.2, -0.15) is 0 Å². The number of esters is 1. The van der Waals surface area contributed by atoms with E-state index in [1.165, 1.54) is 7.11 Å². The van der Waals surface area contributed by atoms with Crippen LogP contribution in [0.15, 0.2) is 109 Å². The van der Waals surface area contributed by atoms with Crippen molar-refractivity contribution >= 4 is 23.2 Å². The summed E-state index contributed by atoms with van der Waals surface area (Å²) in [4.78, 5) is 38.8. The molecule has 7 nitrogen and oxygen atoms in total. The lowest BCUT2D eigenvalue weighted by Gasteiger charge is -2.20. The first-order valence-corrected chi connectivity index (χ1v) is 14.5. The van der Waals surface area contributed by atoms with Crippen LogP contribution in [0.3, 0.4) is 0 Å². The smallest absolute Gasteiger partial charge is 0.328 e. The third-order valence-electron chi connectivity index (χ3n) is 7.77. The van der Waals surface area contributed by atoms with Crippen molar-refractivity contribution in [1.29, 1.82) is 0 Å². The van der Waals surface area contributed by atoms with Gasteiger partial charge in [-0.15, -0.1) is 0 Å². The minimum atomic E-state index is -0.695. The highest BCUT2D eigenvalue weighted by Crippen LogP contribution is 2.47. The minimum absolute atomic E-state index is 0.126. The Labute approximate surface area is 252 Å². The Hall–Kier alpha value is -4.75. The molecule has 2 N–H and O–H groups in total. The number of carbonyl (C=O) groups is 3. The third-order valence-corrected chi connectivity index (χ3v) is 7.77. The molecule has 7 heteroatoms. The summed E-state index contributed by atoms with van der Waals surface area (Å²) in [5, 5.41) is 6.62. The van der Waals surface area contributed by atoms with Gasteiger partial charge in [-0.05, 0) is 42.7 Å². The highest BCUT2D eigenvalue weighted by atomic mass is 16.5. The predicted octanol–water partition coefficient (Wildman–Crippen LogP) is 5.75. The second-order valence-corrected chi connectivity index (χ2v) is 10.8. The average molecular weight is 577 g/mol. The van der Waals surface area contributed by atoms with E-state index in [1.807, 2.05) is 78.9 Å². The van der Waals surface area contributed by atoms with Crippen LogP contribution in [0.1, 0.15) is 44.7 Å². The molecule has 0 spiro atoms. The number of ether oxygens (including phenoxy) is 2. The van der Waals surface area contributed by atoms with Crippen molar-refractivity contribution in [3.05, 3.63) is 131 Å². The quantitative estimate of drug-likeness (QED) is 0.106. The Morgan fingerprint density at radius 1 is 0.791 bits per heavy atom. The number of rotatable bonds is 15. The maximum Gasteiger partial charge on any atom is 0.328 e. The Morgan fingerprint density at radius 2 is 1.42 bits per heavy atom. The fourth-order valence-corrected chi connectivity index (χ4v) is 5.13. The van der Waals surface area contributed by atoms with Crippen LogP contribution >= 0.6 is 0 Å². The zero-order chi connectivity index (χ0) is 30.1. The summed E-state index contributed by atoms with van der Waals surface area (Å²) >= 11 is 0. The summed E-state index contributed by atoms with van der Waals surface area (Å²) in [6.45, 7) is 1.74. The molecular weight excluding hydrogens is 540 g/mol. The maximum absolute atomic E-state index is 13.2. The van der Waals surface area contributed by atoms with E-state index < -0.39 is 12.0 Å². The second kappa shape index (κ2) is 13.9. The molecule has 1 aliphatic carbocycles. The molecule has 0 heterocycles. The fourth-order valence-electron chi connectivity index (χ4n) is 5.13. The van der Waals surface area contributed by atoms with Crippen molar-refractivity contribution in [3.63, 3.8) is 0 Å². The van der Waals surface area contributed by atoms with Crippen molar-refractivity contribution < 1.29 is 23.9 Å². The van der Waals surface area contributed by atoms with Crippen LogP contribution in [0.2, 0.25) is 0 Å². The Bertz CT molecular complexity index is 1530. The molecule has 43 heavy (non-hydrogen) atoms. The third kappa shape index (κ3) is 7.56. The van der Waals surface area contributed by atoms with Gasteiger partial charge in [0.05, 0.1) is 7.11 Å². The summed E-state index contributed by atoms with van der Waals surface area (Å²) in [5.74, 6) is 0.377. The van der Waals surface area contributed by atoms with Gasteiger partial charge in [0.1, 0.15) is 18.4 Å². The lowest BCUT2D eigenvalue weighted by Crippen LogP contribution is -2.33. The van der Waals surface area contributed by atoms with Crippen LogP contribution in [0.25, 0.3) is 0 Å². The van der Waals surface area contributed by atoms with Gasteiger partial charge in [0.2, 0.25) is 0 Å². The van der Waals surface area contributed by atoms with Gasteiger partial charge in [-0.3, -0.25) is 9.59 Å². The molecule has 5 rings (SSSR count). The van der Waals surface area contributed by atoms with Crippen LogP contribution < -0.4 is 15.4 Å². The van der Waals surface area contributed by atoms with E-state index in [1.54, 1.807) is 30.3 Å². The van der Waals surface area contributed by atoms with E-state index in [0.29, 0.717) is 48.7 Å². The van der Waals surface area contributed by atoms with Gasteiger partial charge in [-0.1, -0.05) is 84.9 Å². The van der Waals surface area contributed by atoms with Gasteiger partial charge >= 0.3 is 5.97 Å². The summed E-state index contributed by atoms with van der Waals surface area (Å²) < 4.78 is 11.0. The molecule has 0 saturated heterocycles. The Balaban J connectivity index is 1.13. The van der Waals surface area contributed by atoms with Gasteiger partial charge in [0, 0.05) is 47.3 Å². The molecule has 220 valence electrons. The number of anilines is 1. The van der Waals surface area contributed by atoms with Gasteiger partial charge in [-0.25, -0.2) is 4.79 Å². The van der Waals surface area contributed by atoms with Crippen molar-refractivity contribution in [2.24, 2.45) is 5.41 Å². The first kappa shape index (κ1) is 29.7. The van der Waals surface area contributed by atoms with Crippen molar-refractivity contribution in [2.45, 2.75) is 25.3 Å². The van der Waals surface area contributed by atoms with Crippen LogP contribution in [0.5, 0.6) is 5.75 Å². The average Bonchev–Trinajstić information content (AvgIpc) is 3.86. The predicted molar refractivity (Wildman–Crippen MR) is 167 cm³/mol. The minimum Gasteiger partial charge on any atom is -0.492 e. The molecule has 1 saturated carbocycles. The number of ketones is 2. The number of benzene rings is 4. The summed E-state index contributed by atoms with van der Waals surface area (Å²) in [5.41, 5.74) is 3.02. The van der Waals surface area contributed by atoms with E-state index in [4.69, 9.17) is 9.47 Å². The number of methoxy groups -OCH3 is 1. The van der Waals surface area contributed by atoms with Crippen LogP contribution in [-0.4, -0.2) is 50.4 Å². The van der Waals surface area contributed by atoms with Crippen molar-refractivity contribution in [1.82, 2.24) is 5.32 Å². The first-order chi connectivity index (χ1) is 21.0. The van der Waals surface area contributed by atoms with E-state index in [-0.39, 0.29) is 17.0 Å². The normalized spacial score (nSPS) is 13.9. The fraction of sp³-hybridized carbons (Fsp3) is 0.250. The molecule has 1 fully saturated rings. The highest BCUT2D eigenvalue weighted by Gasteiger charge is 2.49. The number of Topliss-reactive ketones (excluding diaryl/α,β-unsaturated/α-hetero) is 1. The topological polar surface area (TPSA) is 93.7 Å². The molecular formula is C36H36N2O5. The number of para-hydroxylation sites is 1. The van der Waals surface area contributed by atoms with Crippen LogP contribution in [0, 0.1) is 5.41 Å². The second-order valence-electron chi connectivity index (χ2n) is 10.8. The molecule has 0 bridgehead atoms. The number of nitrogens with one attached hydrogen (secondary N) is 2. The summed E-state index contributed by atoms with van der Waals surface area (Å²) in [6, 6.07) is 32.6. The number of hydrogen-bond acceptors (Lipinski definition) is 7. The van der Waals surface area contributed by atoms with Gasteiger partial charge < -0.3 is 20.1 Å². The van der Waals surface area contributed by atoms with E-state index in [9.17, 15) is 14.4 Å².